The highest BCUT2D eigenvalue weighted by atomic mass is 15.0. The van der Waals surface area contributed by atoms with Crippen LogP contribution in [0.4, 0.5) is 0 Å². The van der Waals surface area contributed by atoms with Gasteiger partial charge in [0.25, 0.3) is 0 Å². The van der Waals surface area contributed by atoms with Crippen molar-refractivity contribution in [2.24, 2.45) is 0 Å². The van der Waals surface area contributed by atoms with Crippen molar-refractivity contribution in [2.45, 2.75) is 0 Å². The number of hydrogen-bond acceptors (Lipinski definition) is 2. The van der Waals surface area contributed by atoms with Crippen molar-refractivity contribution in [1.82, 2.24) is 14.5 Å². The quantitative estimate of drug-likeness (QED) is 0.197. The fourth-order valence-corrected chi connectivity index (χ4v) is 5.94. The number of aromatic nitrogens is 3. The predicted octanol–water partition coefficient (Wildman–Crippen LogP) is 10.8. The van der Waals surface area contributed by atoms with Gasteiger partial charge in [0.2, 0.25) is 0 Å². The van der Waals surface area contributed by atoms with Gasteiger partial charge in [0.15, 0.2) is 5.82 Å². The zero-order valence-corrected chi connectivity index (χ0v) is 24.6. The van der Waals surface area contributed by atoms with Crippen LogP contribution in [0.15, 0.2) is 176 Å². The van der Waals surface area contributed by atoms with Crippen LogP contribution < -0.4 is 0 Å². The number of nitrogens with zero attached hydrogens (tertiary/aromatic N) is 3. The molecule has 0 N–H and O–H groups in total. The maximum absolute atomic E-state index is 5.14. The average Bonchev–Trinajstić information content (AvgIpc) is 3.56. The Hall–Kier alpha value is -6.06. The molecule has 2 heterocycles. The number of rotatable bonds is 6. The van der Waals surface area contributed by atoms with Gasteiger partial charge in [-0.25, -0.2) is 9.97 Å². The van der Waals surface area contributed by atoms with Crippen LogP contribution in [-0.4, -0.2) is 14.5 Å². The molecule has 0 spiro atoms. The summed E-state index contributed by atoms with van der Waals surface area (Å²) in [4.78, 5) is 10.1. The first-order valence-electron chi connectivity index (χ1n) is 15.2. The van der Waals surface area contributed by atoms with Crippen LogP contribution in [0.2, 0.25) is 0 Å². The molecule has 8 aromatic rings. The van der Waals surface area contributed by atoms with Gasteiger partial charge in [0, 0.05) is 34.0 Å². The first-order chi connectivity index (χ1) is 22.3. The highest BCUT2D eigenvalue weighted by Gasteiger charge is 2.14. The van der Waals surface area contributed by atoms with Crippen molar-refractivity contribution in [3.8, 4) is 61.8 Å². The zero-order chi connectivity index (χ0) is 30.0. The summed E-state index contributed by atoms with van der Waals surface area (Å²) in [6, 6.07) is 59.4. The fraction of sp³-hybridized carbons (Fsp3) is 0. The van der Waals surface area contributed by atoms with Gasteiger partial charge >= 0.3 is 0 Å². The third-order valence-electron chi connectivity index (χ3n) is 8.22. The number of benzene rings is 6. The van der Waals surface area contributed by atoms with Gasteiger partial charge in [-0.2, -0.15) is 0 Å². The molecule has 3 nitrogen and oxygen atoms in total. The van der Waals surface area contributed by atoms with Gasteiger partial charge < -0.3 is 4.57 Å². The second-order valence-electron chi connectivity index (χ2n) is 11.2. The molecule has 0 fully saturated rings. The van der Waals surface area contributed by atoms with E-state index >= 15 is 0 Å². The molecule has 8 rings (SSSR count). The predicted molar refractivity (Wildman–Crippen MR) is 186 cm³/mol. The Morgan fingerprint density at radius 3 is 1.56 bits per heavy atom. The lowest BCUT2D eigenvalue weighted by atomic mass is 9.94. The Kier molecular flexibility index (Phi) is 6.82. The minimum absolute atomic E-state index is 0.710. The first-order valence-corrected chi connectivity index (χ1v) is 15.2. The Balaban J connectivity index is 1.31. The summed E-state index contributed by atoms with van der Waals surface area (Å²) in [5.74, 6) is 0.710. The van der Waals surface area contributed by atoms with Crippen LogP contribution in [-0.2, 0) is 0 Å². The first kappa shape index (κ1) is 26.6. The molecule has 0 radical (unpaired) electrons. The van der Waals surface area contributed by atoms with Gasteiger partial charge in [0.1, 0.15) is 0 Å². The highest BCUT2D eigenvalue weighted by molar-refractivity contribution is 5.89. The number of hydrogen-bond donors (Lipinski definition) is 0. The van der Waals surface area contributed by atoms with E-state index in [1.54, 1.807) is 0 Å². The van der Waals surface area contributed by atoms with Crippen molar-refractivity contribution in [1.29, 1.82) is 0 Å². The van der Waals surface area contributed by atoms with Gasteiger partial charge in [-0.3, -0.25) is 0 Å². The molecule has 45 heavy (non-hydrogen) atoms. The van der Waals surface area contributed by atoms with Crippen molar-refractivity contribution < 1.29 is 0 Å². The van der Waals surface area contributed by atoms with Gasteiger partial charge in [-0.05, 0) is 76.9 Å². The van der Waals surface area contributed by atoms with Crippen LogP contribution >= 0.6 is 0 Å². The normalized spacial score (nSPS) is 11.1. The van der Waals surface area contributed by atoms with Gasteiger partial charge in [0.05, 0.1) is 16.9 Å². The topological polar surface area (TPSA) is 30.7 Å². The van der Waals surface area contributed by atoms with E-state index in [2.05, 4.69) is 150 Å². The van der Waals surface area contributed by atoms with E-state index in [1.165, 1.54) is 10.9 Å². The SMILES string of the molecule is c1ccc(-c2cc(-c3ccc4c(ccn4-c4ccccc4)c3)cc(-c3cc(-c4ccccc4)nc(-c4ccccc4)n3)c2)cc1. The Bertz CT molecular complexity index is 2180. The molecular formula is C42H29N3. The van der Waals surface area contributed by atoms with E-state index in [1.807, 2.05) is 30.3 Å². The average molecular weight is 576 g/mol. The van der Waals surface area contributed by atoms with Crippen molar-refractivity contribution >= 4 is 10.9 Å². The minimum atomic E-state index is 0.710. The van der Waals surface area contributed by atoms with Gasteiger partial charge in [-0.1, -0.05) is 115 Å². The monoisotopic (exact) mass is 575 g/mol. The maximum atomic E-state index is 5.14. The summed E-state index contributed by atoms with van der Waals surface area (Å²) in [5.41, 5.74) is 11.8. The standard InChI is InChI=1S/C42H29N3/c1-5-13-30(14-6-1)35-26-36(33-21-22-41-34(25-33)23-24-45(41)38-19-11-4-12-20-38)28-37(27-35)40-29-39(31-15-7-2-8-16-31)43-42(44-40)32-17-9-3-10-18-32/h1-29H. The molecule has 0 aliphatic rings. The van der Waals surface area contributed by atoms with Crippen LogP contribution in [0, 0.1) is 0 Å². The third kappa shape index (κ3) is 5.32. The smallest absolute Gasteiger partial charge is 0.160 e. The fourth-order valence-electron chi connectivity index (χ4n) is 5.94. The molecule has 2 aromatic heterocycles. The van der Waals surface area contributed by atoms with Crippen molar-refractivity contribution in [3.05, 3.63) is 176 Å². The molecule has 6 aromatic carbocycles. The maximum Gasteiger partial charge on any atom is 0.160 e. The molecule has 0 saturated carbocycles. The lowest BCUT2D eigenvalue weighted by molar-refractivity contribution is 1.13. The Labute approximate surface area is 262 Å². The Morgan fingerprint density at radius 2 is 0.889 bits per heavy atom. The molecule has 0 saturated heterocycles. The van der Waals surface area contributed by atoms with E-state index in [-0.39, 0.29) is 0 Å². The molecule has 0 bridgehead atoms. The van der Waals surface area contributed by atoms with Gasteiger partial charge in [-0.15, -0.1) is 0 Å². The summed E-state index contributed by atoms with van der Waals surface area (Å²) >= 11 is 0. The summed E-state index contributed by atoms with van der Waals surface area (Å²) < 4.78 is 2.24. The molecule has 212 valence electrons. The molecule has 0 aliphatic heterocycles. The summed E-state index contributed by atoms with van der Waals surface area (Å²) in [5, 5.41) is 1.20. The largest absolute Gasteiger partial charge is 0.317 e. The van der Waals surface area contributed by atoms with Crippen molar-refractivity contribution in [3.63, 3.8) is 0 Å². The van der Waals surface area contributed by atoms with Crippen molar-refractivity contribution in [2.75, 3.05) is 0 Å². The lowest BCUT2D eigenvalue weighted by Gasteiger charge is -2.13. The van der Waals surface area contributed by atoms with E-state index in [4.69, 9.17) is 9.97 Å². The second kappa shape index (κ2) is 11.6. The molecule has 0 unspecified atom stereocenters. The summed E-state index contributed by atoms with van der Waals surface area (Å²) in [7, 11) is 0. The van der Waals surface area contributed by atoms with E-state index in [0.717, 1.165) is 56.0 Å². The van der Waals surface area contributed by atoms with E-state index < -0.39 is 0 Å². The van der Waals surface area contributed by atoms with Crippen LogP contribution in [0.25, 0.3) is 72.7 Å². The zero-order valence-electron chi connectivity index (χ0n) is 24.6. The minimum Gasteiger partial charge on any atom is -0.317 e. The molecule has 0 aliphatic carbocycles. The van der Waals surface area contributed by atoms with E-state index in [0.29, 0.717) is 5.82 Å². The summed E-state index contributed by atoms with van der Waals surface area (Å²) in [6.45, 7) is 0. The second-order valence-corrected chi connectivity index (χ2v) is 11.2. The third-order valence-corrected chi connectivity index (χ3v) is 8.22. The highest BCUT2D eigenvalue weighted by Crippen LogP contribution is 2.36. The lowest BCUT2D eigenvalue weighted by Crippen LogP contribution is -1.96. The molecular weight excluding hydrogens is 546 g/mol. The molecule has 0 atom stereocenters. The van der Waals surface area contributed by atoms with Crippen LogP contribution in [0.3, 0.4) is 0 Å². The van der Waals surface area contributed by atoms with Crippen LogP contribution in [0.1, 0.15) is 0 Å². The molecule has 3 heteroatoms. The summed E-state index contributed by atoms with van der Waals surface area (Å²) in [6.07, 6.45) is 2.15. The number of para-hydroxylation sites is 1. The van der Waals surface area contributed by atoms with Crippen LogP contribution in [0.5, 0.6) is 0 Å². The number of fused-ring (bicyclic) bond motifs is 1. The van der Waals surface area contributed by atoms with E-state index in [9.17, 15) is 0 Å². The molecule has 0 amide bonds. The Morgan fingerprint density at radius 1 is 0.356 bits per heavy atom.